The third-order valence-corrected chi connectivity index (χ3v) is 10.3. The first kappa shape index (κ1) is 32.7. The van der Waals surface area contributed by atoms with Crippen LogP contribution in [0, 0.1) is 5.92 Å². The topological polar surface area (TPSA) is 52.7 Å². The van der Waals surface area contributed by atoms with Crippen molar-refractivity contribution in [3.05, 3.63) is 29.8 Å². The Labute approximate surface area is 250 Å². The Balaban J connectivity index is 1.30. The maximum absolute atomic E-state index is 6.90. The lowest BCUT2D eigenvalue weighted by atomic mass is 9.67. The first-order chi connectivity index (χ1) is 19.8. The molecular weight excluding hydrogens is 514 g/mol. The Bertz CT molecular complexity index is 906. The van der Waals surface area contributed by atoms with Crippen LogP contribution in [0.2, 0.25) is 0 Å². The highest BCUT2D eigenvalue weighted by Gasteiger charge is 2.63. The van der Waals surface area contributed by atoms with Crippen molar-refractivity contribution in [3.8, 4) is 5.75 Å². The number of epoxide rings is 1. The van der Waals surface area contributed by atoms with E-state index in [1.165, 1.54) is 56.9 Å². The summed E-state index contributed by atoms with van der Waals surface area (Å²) in [4.78, 5) is 6.72. The van der Waals surface area contributed by atoms with Gasteiger partial charge in [-0.2, -0.15) is 5.06 Å². The molecule has 6 nitrogen and oxygen atoms in total. The minimum atomic E-state index is -0.540. The maximum Gasteiger partial charge on any atom is 0.175 e. The van der Waals surface area contributed by atoms with Crippen molar-refractivity contribution in [2.24, 2.45) is 5.92 Å². The number of hydroxylamine groups is 2. The Kier molecular flexibility index (Phi) is 12.0. The number of piperidine rings is 1. The SMILES string of the molecule is CCCCCCCCCCC1COC2(CC(C)(CC)N(OCCc3ccc(OCC4CO4)cc3)C(C)(CC)C2C)O1. The largest absolute Gasteiger partial charge is 0.491 e. The average molecular weight is 574 g/mol. The molecule has 234 valence electrons. The number of rotatable bonds is 18. The van der Waals surface area contributed by atoms with Crippen molar-refractivity contribution < 1.29 is 23.8 Å². The molecule has 1 spiro atoms. The van der Waals surface area contributed by atoms with Gasteiger partial charge in [-0.15, -0.1) is 0 Å². The van der Waals surface area contributed by atoms with Crippen LogP contribution in [0.4, 0.5) is 0 Å². The highest BCUT2D eigenvalue weighted by atomic mass is 16.8. The molecule has 0 N–H and O–H groups in total. The molecule has 0 bridgehead atoms. The van der Waals surface area contributed by atoms with Crippen molar-refractivity contribution in [2.75, 3.05) is 26.4 Å². The predicted octanol–water partition coefficient (Wildman–Crippen LogP) is 8.26. The fourth-order valence-electron chi connectivity index (χ4n) is 6.96. The highest BCUT2D eigenvalue weighted by molar-refractivity contribution is 5.27. The molecule has 41 heavy (non-hydrogen) atoms. The third-order valence-electron chi connectivity index (χ3n) is 10.3. The van der Waals surface area contributed by atoms with E-state index in [-0.39, 0.29) is 29.2 Å². The molecular formula is C35H59NO5. The van der Waals surface area contributed by atoms with Crippen LogP contribution in [0.25, 0.3) is 0 Å². The molecule has 6 unspecified atom stereocenters. The lowest BCUT2D eigenvalue weighted by Crippen LogP contribution is -2.71. The van der Waals surface area contributed by atoms with Crippen molar-refractivity contribution in [3.63, 3.8) is 0 Å². The second-order valence-electron chi connectivity index (χ2n) is 13.4. The van der Waals surface area contributed by atoms with Crippen molar-refractivity contribution in [1.29, 1.82) is 0 Å². The summed E-state index contributed by atoms with van der Waals surface area (Å²) in [6, 6.07) is 8.39. The van der Waals surface area contributed by atoms with E-state index in [0.717, 1.165) is 44.5 Å². The van der Waals surface area contributed by atoms with E-state index in [9.17, 15) is 0 Å². The van der Waals surface area contributed by atoms with Gasteiger partial charge in [-0.05, 0) is 57.2 Å². The smallest absolute Gasteiger partial charge is 0.175 e. The van der Waals surface area contributed by atoms with Crippen LogP contribution in [0.3, 0.4) is 0 Å². The van der Waals surface area contributed by atoms with E-state index in [1.54, 1.807) is 0 Å². The molecule has 0 aromatic heterocycles. The zero-order chi connectivity index (χ0) is 29.3. The highest BCUT2D eigenvalue weighted by Crippen LogP contribution is 2.54. The summed E-state index contributed by atoms with van der Waals surface area (Å²) < 4.78 is 24.6. The molecule has 3 aliphatic rings. The zero-order valence-electron chi connectivity index (χ0n) is 27.1. The van der Waals surface area contributed by atoms with E-state index in [1.807, 2.05) is 0 Å². The lowest BCUT2D eigenvalue weighted by molar-refractivity contribution is -0.368. The van der Waals surface area contributed by atoms with Gasteiger partial charge in [0, 0.05) is 17.9 Å². The summed E-state index contributed by atoms with van der Waals surface area (Å²) in [6.07, 6.45) is 16.0. The number of hydrogen-bond donors (Lipinski definition) is 0. The summed E-state index contributed by atoms with van der Waals surface area (Å²) in [6.45, 7) is 16.6. The van der Waals surface area contributed by atoms with E-state index in [2.05, 4.69) is 70.9 Å². The summed E-state index contributed by atoms with van der Waals surface area (Å²) in [5.74, 6) is 0.548. The van der Waals surface area contributed by atoms with Crippen LogP contribution >= 0.6 is 0 Å². The molecule has 0 radical (unpaired) electrons. The van der Waals surface area contributed by atoms with Gasteiger partial charge in [0.1, 0.15) is 18.5 Å². The van der Waals surface area contributed by atoms with Gasteiger partial charge in [0.2, 0.25) is 0 Å². The lowest BCUT2D eigenvalue weighted by Gasteiger charge is -2.61. The number of unbranched alkanes of at least 4 members (excludes halogenated alkanes) is 7. The summed E-state index contributed by atoms with van der Waals surface area (Å²) in [7, 11) is 0. The van der Waals surface area contributed by atoms with Crippen LogP contribution in [-0.4, -0.2) is 60.6 Å². The number of ether oxygens (including phenoxy) is 4. The minimum Gasteiger partial charge on any atom is -0.491 e. The fourth-order valence-corrected chi connectivity index (χ4v) is 6.96. The van der Waals surface area contributed by atoms with Crippen LogP contribution in [0.15, 0.2) is 24.3 Å². The van der Waals surface area contributed by atoms with Crippen LogP contribution in [0.5, 0.6) is 5.75 Å². The Morgan fingerprint density at radius 2 is 1.56 bits per heavy atom. The summed E-state index contributed by atoms with van der Waals surface area (Å²) in [5, 5.41) is 2.33. The first-order valence-corrected chi connectivity index (χ1v) is 16.9. The van der Waals surface area contributed by atoms with Crippen molar-refractivity contribution in [1.82, 2.24) is 5.06 Å². The summed E-state index contributed by atoms with van der Waals surface area (Å²) in [5.41, 5.74) is 0.885. The van der Waals surface area contributed by atoms with Crippen LogP contribution in [0.1, 0.15) is 124 Å². The molecule has 3 aliphatic heterocycles. The number of nitrogens with zero attached hydrogens (tertiary/aromatic N) is 1. The van der Waals surface area contributed by atoms with E-state index in [4.69, 9.17) is 23.8 Å². The fraction of sp³-hybridized carbons (Fsp3) is 0.829. The molecule has 0 aliphatic carbocycles. The normalized spacial score (nSPS) is 33.5. The average Bonchev–Trinajstić information content (AvgIpc) is 3.73. The Hall–Kier alpha value is -1.18. The van der Waals surface area contributed by atoms with Gasteiger partial charge in [0.15, 0.2) is 5.79 Å². The Morgan fingerprint density at radius 3 is 2.20 bits per heavy atom. The molecule has 6 heteroatoms. The van der Waals surface area contributed by atoms with Gasteiger partial charge >= 0.3 is 0 Å². The van der Waals surface area contributed by atoms with Gasteiger partial charge in [-0.1, -0.05) is 91.2 Å². The molecule has 4 rings (SSSR count). The molecule has 1 aromatic rings. The van der Waals surface area contributed by atoms with Gasteiger partial charge in [0.05, 0.1) is 31.5 Å². The molecule has 0 saturated carbocycles. The van der Waals surface area contributed by atoms with Crippen LogP contribution in [-0.2, 0) is 25.5 Å². The Morgan fingerprint density at radius 1 is 0.878 bits per heavy atom. The van der Waals surface area contributed by atoms with Crippen molar-refractivity contribution in [2.45, 2.75) is 154 Å². The van der Waals surface area contributed by atoms with E-state index in [0.29, 0.717) is 19.8 Å². The van der Waals surface area contributed by atoms with Gasteiger partial charge in [-0.3, -0.25) is 4.84 Å². The second-order valence-corrected chi connectivity index (χ2v) is 13.4. The standard InChI is InChI=1S/C35H59NO5/c1-7-10-11-12-13-14-15-16-17-31-26-39-35(41-31)27-33(5,8-2)36(34(6,9-3)28(35)4)40-23-22-29-18-20-30(21-19-29)37-24-32-25-38-32/h18-21,28,31-32H,7-17,22-27H2,1-6H3. The third kappa shape index (κ3) is 8.26. The van der Waals surface area contributed by atoms with E-state index < -0.39 is 5.79 Å². The zero-order valence-corrected chi connectivity index (χ0v) is 27.1. The molecule has 3 heterocycles. The molecule has 3 fully saturated rings. The van der Waals surface area contributed by atoms with Gasteiger partial charge in [0.25, 0.3) is 0 Å². The molecule has 6 atom stereocenters. The predicted molar refractivity (Wildman–Crippen MR) is 165 cm³/mol. The number of hydrogen-bond acceptors (Lipinski definition) is 6. The van der Waals surface area contributed by atoms with Gasteiger partial charge < -0.3 is 18.9 Å². The monoisotopic (exact) mass is 573 g/mol. The molecule has 0 amide bonds. The van der Waals surface area contributed by atoms with Gasteiger partial charge in [-0.25, -0.2) is 0 Å². The molecule has 1 aromatic carbocycles. The first-order valence-electron chi connectivity index (χ1n) is 16.9. The number of benzene rings is 1. The summed E-state index contributed by atoms with van der Waals surface area (Å²) >= 11 is 0. The minimum absolute atomic E-state index is 0.173. The van der Waals surface area contributed by atoms with E-state index >= 15 is 0 Å². The second kappa shape index (κ2) is 15.0. The maximum atomic E-state index is 6.90. The van der Waals surface area contributed by atoms with Crippen LogP contribution < -0.4 is 4.74 Å². The molecule has 3 saturated heterocycles. The quantitative estimate of drug-likeness (QED) is 0.130. The van der Waals surface area contributed by atoms with Crippen molar-refractivity contribution >= 4 is 0 Å².